The Morgan fingerprint density at radius 3 is 2.85 bits per heavy atom. The summed E-state index contributed by atoms with van der Waals surface area (Å²) in [5.74, 6) is -1.27. The number of nitrogens with zero attached hydrogens (tertiary/aromatic N) is 1. The van der Waals surface area contributed by atoms with Gasteiger partial charge in [0.25, 0.3) is 0 Å². The summed E-state index contributed by atoms with van der Waals surface area (Å²) in [6.45, 7) is 4.00. The van der Waals surface area contributed by atoms with Gasteiger partial charge >= 0.3 is 11.9 Å². The zero-order valence-corrected chi connectivity index (χ0v) is 20.2. The maximum Gasteiger partial charge on any atom is 0.350 e. The number of carboxylic acid groups (broad SMARTS) is 1. The van der Waals surface area contributed by atoms with E-state index in [9.17, 15) is 14.7 Å². The van der Waals surface area contributed by atoms with Crippen LogP contribution in [0, 0.1) is 5.92 Å². The first kappa shape index (κ1) is 23.6. The predicted octanol–water partition coefficient (Wildman–Crippen LogP) is 0.909. The van der Waals surface area contributed by atoms with Crippen LogP contribution >= 0.6 is 0 Å². The molecule has 2 saturated heterocycles. The molecule has 9 heteroatoms. The molecule has 0 amide bonds. The normalized spacial score (nSPS) is 40.9. The van der Waals surface area contributed by atoms with Crippen LogP contribution in [-0.2, 0) is 23.8 Å². The van der Waals surface area contributed by atoms with Crippen LogP contribution in [0.5, 0.6) is 0 Å². The first-order valence-corrected chi connectivity index (χ1v) is 13.0. The van der Waals surface area contributed by atoms with E-state index in [1.165, 1.54) is 0 Å². The summed E-state index contributed by atoms with van der Waals surface area (Å²) >= 11 is 0. The largest absolute Gasteiger partial charge is 0.550 e. The van der Waals surface area contributed by atoms with Crippen molar-refractivity contribution in [3.63, 3.8) is 0 Å². The van der Waals surface area contributed by atoms with E-state index in [1.54, 1.807) is 0 Å². The van der Waals surface area contributed by atoms with Gasteiger partial charge in [0, 0.05) is 31.7 Å². The molecular weight excluding hydrogens is 438 g/mol. The number of carbonyl (C=O) groups is 2. The molecule has 5 rings (SSSR count). The van der Waals surface area contributed by atoms with Crippen LogP contribution in [-0.4, -0.2) is 64.8 Å². The molecule has 188 valence electrons. The van der Waals surface area contributed by atoms with Gasteiger partial charge in [-0.2, -0.15) is 0 Å². The maximum atomic E-state index is 13.4. The van der Waals surface area contributed by atoms with E-state index in [-0.39, 0.29) is 37.3 Å². The van der Waals surface area contributed by atoms with Crippen LogP contribution in [0.4, 0.5) is 0 Å². The second-order valence-corrected chi connectivity index (χ2v) is 10.5. The number of carboxylic acids is 1. The van der Waals surface area contributed by atoms with Gasteiger partial charge in [-0.15, -0.1) is 0 Å². The lowest BCUT2D eigenvalue weighted by atomic mass is 9.80. The van der Waals surface area contributed by atoms with E-state index in [4.69, 9.17) is 14.2 Å². The Bertz CT molecular complexity index is 890. The number of guanidine groups is 1. The van der Waals surface area contributed by atoms with Crippen molar-refractivity contribution in [2.45, 2.75) is 114 Å². The van der Waals surface area contributed by atoms with E-state index in [1.807, 2.05) is 6.92 Å². The smallest absolute Gasteiger partial charge is 0.350 e. The summed E-state index contributed by atoms with van der Waals surface area (Å²) in [5, 5.41) is 18.2. The van der Waals surface area contributed by atoms with Crippen molar-refractivity contribution >= 4 is 17.9 Å². The van der Waals surface area contributed by atoms with Crippen molar-refractivity contribution in [3.8, 4) is 0 Å². The summed E-state index contributed by atoms with van der Waals surface area (Å²) in [5.41, 5.74) is -1.34. The Labute approximate surface area is 200 Å². The average molecular weight is 476 g/mol. The molecule has 0 aromatic heterocycles. The minimum Gasteiger partial charge on any atom is -0.550 e. The van der Waals surface area contributed by atoms with Crippen LogP contribution < -0.4 is 15.7 Å². The molecule has 5 heterocycles. The third-order valence-electron chi connectivity index (χ3n) is 8.15. The van der Waals surface area contributed by atoms with Gasteiger partial charge in [0.1, 0.15) is 0 Å². The minimum absolute atomic E-state index is 0.00414. The highest BCUT2D eigenvalue weighted by molar-refractivity contribution is 5.82. The molecule has 2 fully saturated rings. The van der Waals surface area contributed by atoms with Crippen LogP contribution in [0.3, 0.4) is 0 Å². The van der Waals surface area contributed by atoms with Gasteiger partial charge in [-0.05, 0) is 45.4 Å². The summed E-state index contributed by atoms with van der Waals surface area (Å²) in [6, 6.07) is 0.180. The van der Waals surface area contributed by atoms with Gasteiger partial charge in [-0.1, -0.05) is 19.1 Å². The van der Waals surface area contributed by atoms with Crippen molar-refractivity contribution in [2.75, 3.05) is 6.61 Å². The highest BCUT2D eigenvalue weighted by Crippen LogP contribution is 2.45. The van der Waals surface area contributed by atoms with E-state index >= 15 is 0 Å². The highest BCUT2D eigenvalue weighted by Gasteiger charge is 2.64. The van der Waals surface area contributed by atoms with Gasteiger partial charge in [0.2, 0.25) is 5.72 Å². The predicted molar refractivity (Wildman–Crippen MR) is 120 cm³/mol. The molecule has 5 aliphatic rings. The van der Waals surface area contributed by atoms with Crippen molar-refractivity contribution < 1.29 is 33.5 Å². The van der Waals surface area contributed by atoms with Crippen molar-refractivity contribution in [2.24, 2.45) is 5.92 Å². The Balaban J connectivity index is 1.47. The molecule has 0 aromatic rings. The minimum atomic E-state index is -1.22. The molecule has 0 radical (unpaired) electrons. The lowest BCUT2D eigenvalue weighted by Gasteiger charge is -2.50. The Kier molecular flexibility index (Phi) is 6.35. The fraction of sp³-hybridized carbons (Fsp3) is 0.800. The Morgan fingerprint density at radius 1 is 1.24 bits per heavy atom. The van der Waals surface area contributed by atoms with Crippen LogP contribution in [0.25, 0.3) is 0 Å². The summed E-state index contributed by atoms with van der Waals surface area (Å²) < 4.78 is 21.0. The summed E-state index contributed by atoms with van der Waals surface area (Å²) in [4.78, 5) is 24.3. The second kappa shape index (κ2) is 9.15. The molecule has 0 unspecified atom stereocenters. The number of hydrogen-bond donors (Lipinski definition) is 2. The number of allylic oxidation sites excluding steroid dienone is 1. The SMILES string of the molecule is CC[C@H]1C=CCC[C@@]2(C[C@@H]3CC[C@@H]4[C@H](C(=O)OCCC(=O)[O-])[C@]5(CCC[C@@H](C)O5)NC(=[N+]34)N2)O1. The monoisotopic (exact) mass is 475 g/mol. The number of rotatable bonds is 5. The van der Waals surface area contributed by atoms with Crippen LogP contribution in [0.15, 0.2) is 12.2 Å². The number of esters is 1. The number of carbonyl (C=O) groups excluding carboxylic acids is 2. The zero-order chi connectivity index (χ0) is 23.9. The number of nitrogens with one attached hydrogen (secondary N) is 2. The summed E-state index contributed by atoms with van der Waals surface area (Å²) in [7, 11) is 0. The van der Waals surface area contributed by atoms with E-state index in [0.29, 0.717) is 6.42 Å². The molecule has 0 saturated carbocycles. The van der Waals surface area contributed by atoms with Gasteiger partial charge in [-0.3, -0.25) is 9.37 Å². The van der Waals surface area contributed by atoms with E-state index in [2.05, 4.69) is 34.3 Å². The third-order valence-corrected chi connectivity index (χ3v) is 8.15. The molecule has 0 aromatic carbocycles. The third kappa shape index (κ3) is 4.21. The Hall–Kier alpha value is -2.13. The highest BCUT2D eigenvalue weighted by atomic mass is 16.6. The van der Waals surface area contributed by atoms with Gasteiger partial charge in [0.05, 0.1) is 30.9 Å². The van der Waals surface area contributed by atoms with Gasteiger partial charge in [-0.25, -0.2) is 10.6 Å². The van der Waals surface area contributed by atoms with Gasteiger partial charge in [0.15, 0.2) is 11.6 Å². The molecule has 2 spiro atoms. The molecule has 7 atom stereocenters. The number of ether oxygens (including phenoxy) is 3. The lowest BCUT2D eigenvalue weighted by molar-refractivity contribution is -0.609. The van der Waals surface area contributed by atoms with E-state index < -0.39 is 29.3 Å². The van der Waals surface area contributed by atoms with Crippen molar-refractivity contribution in [1.29, 1.82) is 0 Å². The lowest BCUT2D eigenvalue weighted by Crippen LogP contribution is -2.76. The quantitative estimate of drug-likeness (QED) is 0.343. The van der Waals surface area contributed by atoms with Crippen LogP contribution in [0.1, 0.15) is 78.1 Å². The standard InChI is InChI=1S/C25H37N3O6/c1-3-18-8-4-5-12-24(34-18)15-17-9-10-19-21(22(31)32-14-11-20(29)30)25(13-6-7-16(2)33-25)27-23(26-24)28(17)19/h4,8,16-19,21H,3,5-7,9-15H2,1-2H3,(H2,26,27,29,30)/t16-,17+,18+,19-,21-,24+,25-/m1/s1. The molecular formula is C25H37N3O6. The number of hydrogen-bond acceptors (Lipinski definition) is 8. The fourth-order valence-corrected chi connectivity index (χ4v) is 6.72. The average Bonchev–Trinajstić information content (AvgIpc) is 3.08. The van der Waals surface area contributed by atoms with Crippen LogP contribution in [0.2, 0.25) is 0 Å². The first-order valence-electron chi connectivity index (χ1n) is 13.0. The molecule has 0 bridgehead atoms. The maximum absolute atomic E-state index is 13.4. The summed E-state index contributed by atoms with van der Waals surface area (Å²) in [6.07, 6.45) is 12.2. The first-order chi connectivity index (χ1) is 16.3. The number of aliphatic carboxylic acids is 1. The molecule has 34 heavy (non-hydrogen) atoms. The van der Waals surface area contributed by atoms with Crippen molar-refractivity contribution in [3.05, 3.63) is 12.2 Å². The van der Waals surface area contributed by atoms with Gasteiger partial charge < -0.3 is 24.1 Å². The fourth-order valence-electron chi connectivity index (χ4n) is 6.72. The topological polar surface area (TPSA) is 112 Å². The van der Waals surface area contributed by atoms with Crippen molar-refractivity contribution in [1.82, 2.24) is 10.6 Å². The molecule has 2 N–H and O–H groups in total. The second-order valence-electron chi connectivity index (χ2n) is 10.5. The zero-order valence-electron chi connectivity index (χ0n) is 20.2. The molecule has 5 aliphatic heterocycles. The Morgan fingerprint density at radius 2 is 2.09 bits per heavy atom. The van der Waals surface area contributed by atoms with E-state index in [0.717, 1.165) is 57.3 Å². The molecule has 0 aliphatic carbocycles. The molecule has 9 nitrogen and oxygen atoms in total.